The van der Waals surface area contributed by atoms with Crippen LogP contribution in [0.5, 0.6) is 0 Å². The quantitative estimate of drug-likeness (QED) is 0.540. The second-order valence-corrected chi connectivity index (χ2v) is 10.4. The Kier molecular flexibility index (Phi) is 5.29. The molecule has 9 nitrogen and oxygen atoms in total. The van der Waals surface area contributed by atoms with Gasteiger partial charge < -0.3 is 5.11 Å². The smallest absolute Gasteiger partial charge is 0.268 e. The number of β-amino-alcohol motifs (C(OH)–C–C–N with tert-alkyl or cyclic N) is 1. The number of fused-ring (bicyclic) bond motifs is 2. The summed E-state index contributed by atoms with van der Waals surface area (Å²) in [7, 11) is -3.85. The maximum Gasteiger partial charge on any atom is 0.268 e. The number of rotatable bonds is 6. The number of nitrogens with zero attached hydrogens (tertiary/aromatic N) is 4. The molecule has 34 heavy (non-hydrogen) atoms. The molecule has 0 saturated carbocycles. The summed E-state index contributed by atoms with van der Waals surface area (Å²) in [5.74, 6) is -0.909. The first-order valence-electron chi connectivity index (χ1n) is 11.0. The Bertz CT molecular complexity index is 1390. The van der Waals surface area contributed by atoms with E-state index in [9.17, 15) is 23.1 Å². The van der Waals surface area contributed by atoms with Gasteiger partial charge in [-0.2, -0.15) is 5.10 Å². The fraction of sp³-hybridized carbons (Fsp3) is 0.292. The molecule has 0 fully saturated rings. The summed E-state index contributed by atoms with van der Waals surface area (Å²) in [6, 6.07) is 13.9. The zero-order valence-electron chi connectivity index (χ0n) is 18.8. The first kappa shape index (κ1) is 22.3. The lowest BCUT2D eigenvalue weighted by atomic mass is 10.1. The number of sulfonamides is 1. The third kappa shape index (κ3) is 3.41. The molecule has 2 aromatic carbocycles. The van der Waals surface area contributed by atoms with Crippen LogP contribution in [0.3, 0.4) is 0 Å². The highest BCUT2D eigenvalue weighted by Gasteiger charge is 2.37. The highest BCUT2D eigenvalue weighted by Crippen LogP contribution is 2.34. The topological polar surface area (TPSA) is 113 Å². The van der Waals surface area contributed by atoms with E-state index in [0.29, 0.717) is 41.2 Å². The Labute approximate surface area is 197 Å². The number of hydrogen-bond acceptors (Lipinski definition) is 6. The average molecular weight is 481 g/mol. The molecular formula is C24H24N4O5S. The number of aryl methyl sites for hydroxylation is 1. The number of para-hydroxylation sites is 1. The molecule has 1 atom stereocenters. The molecule has 3 heterocycles. The van der Waals surface area contributed by atoms with E-state index in [1.54, 1.807) is 44.2 Å². The van der Waals surface area contributed by atoms with E-state index in [0.717, 1.165) is 10.5 Å². The molecule has 10 heteroatoms. The number of amides is 2. The summed E-state index contributed by atoms with van der Waals surface area (Å²) in [5, 5.41) is 15.0. The van der Waals surface area contributed by atoms with Crippen LogP contribution in [-0.4, -0.2) is 59.2 Å². The van der Waals surface area contributed by atoms with Crippen LogP contribution >= 0.6 is 0 Å². The van der Waals surface area contributed by atoms with Crippen molar-refractivity contribution in [1.29, 1.82) is 0 Å². The van der Waals surface area contributed by atoms with E-state index >= 15 is 0 Å². The number of aliphatic hydroxyl groups is 1. The molecule has 0 saturated heterocycles. The zero-order valence-corrected chi connectivity index (χ0v) is 19.6. The van der Waals surface area contributed by atoms with Gasteiger partial charge in [-0.3, -0.25) is 23.5 Å². The van der Waals surface area contributed by atoms with E-state index in [2.05, 4.69) is 5.10 Å². The van der Waals surface area contributed by atoms with Gasteiger partial charge in [-0.15, -0.1) is 0 Å². The maximum atomic E-state index is 13.5. The molecule has 0 spiro atoms. The molecule has 5 rings (SSSR count). The SMILES string of the molecule is Cc1nn(C[C@@H](O)CN2C(=O)c3ccccc3C2=O)c(C)c1S(=O)(=O)N1CCc2ccccc21. The Morgan fingerprint density at radius 1 is 0.971 bits per heavy atom. The van der Waals surface area contributed by atoms with Gasteiger partial charge in [0.1, 0.15) is 4.90 Å². The zero-order chi connectivity index (χ0) is 24.2. The monoisotopic (exact) mass is 480 g/mol. The summed E-state index contributed by atoms with van der Waals surface area (Å²) < 4.78 is 29.9. The fourth-order valence-electron chi connectivity index (χ4n) is 4.77. The third-order valence-electron chi connectivity index (χ3n) is 6.36. The number of carbonyl (C=O) groups is 2. The number of anilines is 1. The molecule has 0 aliphatic carbocycles. The van der Waals surface area contributed by atoms with E-state index in [-0.39, 0.29) is 18.0 Å². The van der Waals surface area contributed by atoms with Crippen LogP contribution in [-0.2, 0) is 23.0 Å². The van der Waals surface area contributed by atoms with Crippen LogP contribution < -0.4 is 4.31 Å². The normalized spacial score (nSPS) is 16.2. The van der Waals surface area contributed by atoms with Gasteiger partial charge in [0.15, 0.2) is 0 Å². The molecule has 0 bridgehead atoms. The number of imide groups is 1. The lowest BCUT2D eigenvalue weighted by molar-refractivity contribution is 0.0514. The third-order valence-corrected chi connectivity index (χ3v) is 8.43. The van der Waals surface area contributed by atoms with Crippen molar-refractivity contribution in [2.75, 3.05) is 17.4 Å². The summed E-state index contributed by atoms with van der Waals surface area (Å²) >= 11 is 0. The molecule has 0 radical (unpaired) electrons. The highest BCUT2D eigenvalue weighted by atomic mass is 32.2. The van der Waals surface area contributed by atoms with Crippen molar-refractivity contribution in [2.45, 2.75) is 37.8 Å². The van der Waals surface area contributed by atoms with E-state index < -0.39 is 27.9 Å². The first-order valence-corrected chi connectivity index (χ1v) is 12.4. The average Bonchev–Trinajstić information content (AvgIpc) is 3.44. The predicted molar refractivity (Wildman–Crippen MR) is 124 cm³/mol. The number of benzene rings is 2. The van der Waals surface area contributed by atoms with Crippen molar-refractivity contribution >= 4 is 27.5 Å². The van der Waals surface area contributed by atoms with E-state index in [1.165, 1.54) is 8.99 Å². The van der Waals surface area contributed by atoms with Crippen LogP contribution in [0, 0.1) is 13.8 Å². The van der Waals surface area contributed by atoms with Crippen molar-refractivity contribution in [3.05, 3.63) is 76.6 Å². The molecule has 0 unspecified atom stereocenters. The van der Waals surface area contributed by atoms with Gasteiger partial charge in [0.2, 0.25) is 0 Å². The second kappa shape index (κ2) is 8.07. The number of aliphatic hydroxyl groups excluding tert-OH is 1. The van der Waals surface area contributed by atoms with Crippen molar-refractivity contribution in [3.63, 3.8) is 0 Å². The summed E-state index contributed by atoms with van der Waals surface area (Å²) in [6.07, 6.45) is -0.482. The molecular weight excluding hydrogens is 456 g/mol. The maximum absolute atomic E-state index is 13.5. The summed E-state index contributed by atoms with van der Waals surface area (Å²) in [5.41, 5.74) is 2.98. The Balaban J connectivity index is 1.37. The molecule has 2 amide bonds. The number of aromatic nitrogens is 2. The van der Waals surface area contributed by atoms with Crippen molar-refractivity contribution in [3.8, 4) is 0 Å². The lowest BCUT2D eigenvalue weighted by Crippen LogP contribution is -2.38. The van der Waals surface area contributed by atoms with Gasteiger partial charge in [0.25, 0.3) is 21.8 Å². The van der Waals surface area contributed by atoms with Gasteiger partial charge in [0.05, 0.1) is 47.4 Å². The lowest BCUT2D eigenvalue weighted by Gasteiger charge is -2.20. The minimum absolute atomic E-state index is 0.0633. The highest BCUT2D eigenvalue weighted by molar-refractivity contribution is 7.93. The largest absolute Gasteiger partial charge is 0.389 e. The summed E-state index contributed by atoms with van der Waals surface area (Å²) in [4.78, 5) is 26.3. The molecule has 176 valence electrons. The number of hydrogen-bond donors (Lipinski definition) is 1. The Morgan fingerprint density at radius 3 is 2.26 bits per heavy atom. The van der Waals surface area contributed by atoms with Crippen LogP contribution in [0.2, 0.25) is 0 Å². The van der Waals surface area contributed by atoms with Gasteiger partial charge in [0, 0.05) is 6.54 Å². The van der Waals surface area contributed by atoms with Crippen LogP contribution in [0.4, 0.5) is 5.69 Å². The molecule has 3 aromatic rings. The molecule has 1 aromatic heterocycles. The van der Waals surface area contributed by atoms with E-state index in [1.807, 2.05) is 18.2 Å². The molecule has 2 aliphatic rings. The van der Waals surface area contributed by atoms with Crippen molar-refractivity contribution in [1.82, 2.24) is 14.7 Å². The number of carbonyl (C=O) groups excluding carboxylic acids is 2. The molecule has 2 aliphatic heterocycles. The van der Waals surface area contributed by atoms with Gasteiger partial charge in [-0.1, -0.05) is 30.3 Å². The fourth-order valence-corrected chi connectivity index (χ4v) is 6.65. The van der Waals surface area contributed by atoms with Crippen LogP contribution in [0.25, 0.3) is 0 Å². The van der Waals surface area contributed by atoms with Crippen molar-refractivity contribution in [2.24, 2.45) is 0 Å². The van der Waals surface area contributed by atoms with Gasteiger partial charge >= 0.3 is 0 Å². The Hall–Kier alpha value is -3.50. The summed E-state index contributed by atoms with van der Waals surface area (Å²) in [6.45, 7) is 3.34. The first-order chi connectivity index (χ1) is 16.2. The van der Waals surface area contributed by atoms with Crippen LogP contribution in [0.15, 0.2) is 53.4 Å². The molecule has 1 N–H and O–H groups in total. The van der Waals surface area contributed by atoms with Gasteiger partial charge in [-0.05, 0) is 44.0 Å². The Morgan fingerprint density at radius 2 is 1.59 bits per heavy atom. The minimum atomic E-state index is -3.85. The second-order valence-electron chi connectivity index (χ2n) is 8.56. The van der Waals surface area contributed by atoms with Crippen LogP contribution in [0.1, 0.15) is 37.7 Å². The predicted octanol–water partition coefficient (Wildman–Crippen LogP) is 1.91. The van der Waals surface area contributed by atoms with Crippen molar-refractivity contribution < 1.29 is 23.1 Å². The standard InChI is InChI=1S/C24H24N4O5S/c1-15-22(34(32,33)28-12-11-17-7-3-6-10-21(17)28)16(2)27(25-15)14-18(29)13-26-23(30)19-8-4-5-9-20(19)24(26)31/h3-10,18,29H,11-14H2,1-2H3/t18-/m0/s1. The minimum Gasteiger partial charge on any atom is -0.389 e. The van der Waals surface area contributed by atoms with Gasteiger partial charge in [-0.25, -0.2) is 8.42 Å². The van der Waals surface area contributed by atoms with E-state index in [4.69, 9.17) is 0 Å².